The van der Waals surface area contributed by atoms with Crippen molar-refractivity contribution in [1.82, 2.24) is 4.90 Å². The quantitative estimate of drug-likeness (QED) is 0.699. The number of aryl methyl sites for hydroxylation is 1. The van der Waals surface area contributed by atoms with Crippen LogP contribution < -0.4 is 10.2 Å². The first-order valence-electron chi connectivity index (χ1n) is 10.1. The van der Waals surface area contributed by atoms with Gasteiger partial charge in [0.2, 0.25) is 5.91 Å². The van der Waals surface area contributed by atoms with Gasteiger partial charge in [0, 0.05) is 18.8 Å². The summed E-state index contributed by atoms with van der Waals surface area (Å²) in [7, 11) is 0. The molecule has 160 valence electrons. The Balaban J connectivity index is 1.43. The third-order valence-electron chi connectivity index (χ3n) is 5.23. The van der Waals surface area contributed by atoms with Crippen molar-refractivity contribution >= 4 is 46.3 Å². The summed E-state index contributed by atoms with van der Waals surface area (Å²) >= 11 is 0.748. The van der Waals surface area contributed by atoms with E-state index in [0.717, 1.165) is 48.2 Å². The predicted molar refractivity (Wildman–Crippen MR) is 120 cm³/mol. The molecule has 2 saturated heterocycles. The molecule has 0 spiro atoms. The average molecular weight is 440 g/mol. The Morgan fingerprint density at radius 1 is 1.13 bits per heavy atom. The van der Waals surface area contributed by atoms with Crippen molar-refractivity contribution in [3.63, 3.8) is 0 Å². The highest BCUT2D eigenvalue weighted by Crippen LogP contribution is 2.33. The molecule has 6 nitrogen and oxygen atoms in total. The average Bonchev–Trinajstić information content (AvgIpc) is 3.35. The van der Waals surface area contributed by atoms with E-state index in [1.807, 2.05) is 24.0 Å². The monoisotopic (exact) mass is 439 g/mol. The molecule has 0 atom stereocenters. The molecule has 2 aromatic carbocycles. The molecule has 0 aliphatic carbocycles. The summed E-state index contributed by atoms with van der Waals surface area (Å²) in [5, 5.41) is 2.15. The van der Waals surface area contributed by atoms with E-state index >= 15 is 0 Å². The maximum atomic E-state index is 14.5. The molecule has 0 saturated carbocycles. The number of rotatable bonds is 5. The molecule has 2 aromatic rings. The topological polar surface area (TPSA) is 69.7 Å². The SMILES string of the molecule is Cc1ccc(NC(=O)CN2C(=O)S/C(=C\c3ccc(N4CCCC4)c(F)c3)C2=O)cc1. The van der Waals surface area contributed by atoms with Crippen molar-refractivity contribution in [2.45, 2.75) is 19.8 Å². The first-order valence-corrected chi connectivity index (χ1v) is 10.9. The van der Waals surface area contributed by atoms with E-state index in [2.05, 4.69) is 5.32 Å². The van der Waals surface area contributed by atoms with Gasteiger partial charge in [0.25, 0.3) is 11.1 Å². The van der Waals surface area contributed by atoms with Crippen LogP contribution in [0.5, 0.6) is 0 Å². The Morgan fingerprint density at radius 2 is 1.84 bits per heavy atom. The van der Waals surface area contributed by atoms with E-state index in [-0.39, 0.29) is 17.3 Å². The zero-order valence-electron chi connectivity index (χ0n) is 17.1. The van der Waals surface area contributed by atoms with E-state index in [1.165, 1.54) is 12.1 Å². The number of carbonyl (C=O) groups excluding carboxylic acids is 3. The summed E-state index contributed by atoms with van der Waals surface area (Å²) < 4.78 is 14.5. The Labute approximate surface area is 184 Å². The summed E-state index contributed by atoms with van der Waals surface area (Å²) in [6.07, 6.45) is 3.58. The summed E-state index contributed by atoms with van der Waals surface area (Å²) in [4.78, 5) is 40.3. The number of hydrogen-bond acceptors (Lipinski definition) is 5. The maximum absolute atomic E-state index is 14.5. The van der Waals surface area contributed by atoms with Crippen molar-refractivity contribution in [3.05, 3.63) is 64.3 Å². The minimum Gasteiger partial charge on any atom is -0.369 e. The lowest BCUT2D eigenvalue weighted by Crippen LogP contribution is -2.36. The van der Waals surface area contributed by atoms with Gasteiger partial charge in [0.15, 0.2) is 0 Å². The van der Waals surface area contributed by atoms with Crippen LogP contribution in [0.3, 0.4) is 0 Å². The second kappa shape index (κ2) is 8.93. The smallest absolute Gasteiger partial charge is 0.294 e. The van der Waals surface area contributed by atoms with Gasteiger partial charge in [-0.2, -0.15) is 0 Å². The van der Waals surface area contributed by atoms with Gasteiger partial charge in [-0.15, -0.1) is 0 Å². The van der Waals surface area contributed by atoms with Gasteiger partial charge in [-0.05, 0) is 67.4 Å². The summed E-state index contributed by atoms with van der Waals surface area (Å²) in [6, 6.07) is 12.0. The largest absolute Gasteiger partial charge is 0.369 e. The van der Waals surface area contributed by atoms with Gasteiger partial charge in [-0.3, -0.25) is 19.3 Å². The molecule has 2 fully saturated rings. The van der Waals surface area contributed by atoms with Crippen LogP contribution in [0, 0.1) is 12.7 Å². The van der Waals surface area contributed by atoms with E-state index in [1.54, 1.807) is 24.3 Å². The summed E-state index contributed by atoms with van der Waals surface area (Å²) in [6.45, 7) is 3.22. The van der Waals surface area contributed by atoms with Crippen LogP contribution in [0.1, 0.15) is 24.0 Å². The van der Waals surface area contributed by atoms with E-state index in [9.17, 15) is 18.8 Å². The molecule has 4 rings (SSSR count). The number of carbonyl (C=O) groups is 3. The molecule has 2 aliphatic heterocycles. The molecular formula is C23H22FN3O3S. The van der Waals surface area contributed by atoms with Crippen LogP contribution in [0.4, 0.5) is 20.6 Å². The zero-order chi connectivity index (χ0) is 22.0. The number of benzene rings is 2. The van der Waals surface area contributed by atoms with Crippen LogP contribution in [-0.4, -0.2) is 41.6 Å². The normalized spacial score (nSPS) is 17.7. The fourth-order valence-corrected chi connectivity index (χ4v) is 4.43. The van der Waals surface area contributed by atoms with Crippen LogP contribution >= 0.6 is 11.8 Å². The summed E-state index contributed by atoms with van der Waals surface area (Å²) in [5.74, 6) is -1.38. The van der Waals surface area contributed by atoms with E-state index < -0.39 is 17.1 Å². The number of nitrogens with zero attached hydrogens (tertiary/aromatic N) is 2. The molecule has 3 amide bonds. The molecule has 8 heteroatoms. The standard InChI is InChI=1S/C23H22FN3O3S/c1-15-4-7-17(8-5-15)25-21(28)14-27-22(29)20(31-23(27)30)13-16-6-9-19(18(24)12-16)26-10-2-3-11-26/h4-9,12-13H,2-3,10-11,14H2,1H3,(H,25,28)/b20-13-. The Bertz CT molecular complexity index is 1060. The molecule has 0 unspecified atom stereocenters. The van der Waals surface area contributed by atoms with Crippen LogP contribution in [0.2, 0.25) is 0 Å². The molecule has 0 radical (unpaired) electrons. The molecular weight excluding hydrogens is 417 g/mol. The molecule has 0 aromatic heterocycles. The fourth-order valence-electron chi connectivity index (χ4n) is 3.60. The number of hydrogen-bond donors (Lipinski definition) is 1. The van der Waals surface area contributed by atoms with Crippen LogP contribution in [0.15, 0.2) is 47.4 Å². The number of amides is 3. The minimum atomic E-state index is -0.557. The Hall–Kier alpha value is -3.13. The molecule has 2 aliphatic rings. The second-order valence-corrected chi connectivity index (χ2v) is 8.58. The fraction of sp³-hybridized carbons (Fsp3) is 0.261. The van der Waals surface area contributed by atoms with E-state index in [4.69, 9.17) is 0 Å². The first kappa shape index (κ1) is 21.1. The highest BCUT2D eigenvalue weighted by molar-refractivity contribution is 8.18. The van der Waals surface area contributed by atoms with Crippen molar-refractivity contribution in [2.24, 2.45) is 0 Å². The molecule has 31 heavy (non-hydrogen) atoms. The molecule has 0 bridgehead atoms. The number of nitrogens with one attached hydrogen (secondary N) is 1. The van der Waals surface area contributed by atoms with Crippen molar-refractivity contribution in [2.75, 3.05) is 29.9 Å². The lowest BCUT2D eigenvalue weighted by atomic mass is 10.1. The lowest BCUT2D eigenvalue weighted by molar-refractivity contribution is -0.127. The predicted octanol–water partition coefficient (Wildman–Crippen LogP) is 4.41. The highest BCUT2D eigenvalue weighted by Gasteiger charge is 2.36. The lowest BCUT2D eigenvalue weighted by Gasteiger charge is -2.18. The zero-order valence-corrected chi connectivity index (χ0v) is 17.9. The molecule has 2 heterocycles. The molecule has 1 N–H and O–H groups in total. The second-order valence-electron chi connectivity index (χ2n) is 7.59. The van der Waals surface area contributed by atoms with Crippen molar-refractivity contribution in [1.29, 1.82) is 0 Å². The number of thioether (sulfide) groups is 1. The van der Waals surface area contributed by atoms with Crippen molar-refractivity contribution < 1.29 is 18.8 Å². The van der Waals surface area contributed by atoms with Gasteiger partial charge in [-0.1, -0.05) is 23.8 Å². The van der Waals surface area contributed by atoms with Crippen molar-refractivity contribution in [3.8, 4) is 0 Å². The first-order chi connectivity index (χ1) is 14.9. The summed E-state index contributed by atoms with van der Waals surface area (Å²) in [5.41, 5.74) is 2.69. The third kappa shape index (κ3) is 4.80. The van der Waals surface area contributed by atoms with Gasteiger partial charge in [0.1, 0.15) is 12.4 Å². The van der Waals surface area contributed by atoms with Gasteiger partial charge in [-0.25, -0.2) is 4.39 Å². The number of anilines is 2. The van der Waals surface area contributed by atoms with Gasteiger partial charge >= 0.3 is 0 Å². The van der Waals surface area contributed by atoms with Gasteiger partial charge < -0.3 is 10.2 Å². The van der Waals surface area contributed by atoms with Crippen LogP contribution in [0.25, 0.3) is 6.08 Å². The Kier molecular flexibility index (Phi) is 6.08. The van der Waals surface area contributed by atoms with E-state index in [0.29, 0.717) is 16.9 Å². The third-order valence-corrected chi connectivity index (χ3v) is 6.13. The number of halogens is 1. The minimum absolute atomic E-state index is 0.168. The van der Waals surface area contributed by atoms with Gasteiger partial charge in [0.05, 0.1) is 10.6 Å². The van der Waals surface area contributed by atoms with Crippen LogP contribution in [-0.2, 0) is 9.59 Å². The maximum Gasteiger partial charge on any atom is 0.294 e. The number of imide groups is 1. The Morgan fingerprint density at radius 3 is 2.52 bits per heavy atom. The highest BCUT2D eigenvalue weighted by atomic mass is 32.2.